The summed E-state index contributed by atoms with van der Waals surface area (Å²) in [4.78, 5) is 19.6. The molecule has 1 aromatic heterocycles. The van der Waals surface area contributed by atoms with Gasteiger partial charge in [-0.05, 0) is 5.56 Å². The Morgan fingerprint density at radius 2 is 1.41 bits per heavy atom. The average molecular weight is 471 g/mol. The Kier molecular flexibility index (Phi) is 8.38. The van der Waals surface area contributed by atoms with Crippen LogP contribution in [0.4, 0.5) is 0 Å². The first-order chi connectivity index (χ1) is 16.7. The van der Waals surface area contributed by atoms with Gasteiger partial charge in [0, 0.05) is 31.3 Å². The molecular formula is C27H26N4O2S. The molecule has 0 fully saturated rings. The maximum absolute atomic E-state index is 13.0. The first-order valence-corrected chi connectivity index (χ1v) is 12.0. The Bertz CT molecular complexity index is 1190. The molecule has 34 heavy (non-hydrogen) atoms. The van der Waals surface area contributed by atoms with Crippen LogP contribution in [0.15, 0.2) is 96.2 Å². The highest BCUT2D eigenvalue weighted by Gasteiger charge is 2.17. The highest BCUT2D eigenvalue weighted by atomic mass is 32.2. The number of nitrogens with zero attached hydrogens (tertiary/aromatic N) is 4. The summed E-state index contributed by atoms with van der Waals surface area (Å²) in [5.74, 6) is 0.222. The summed E-state index contributed by atoms with van der Waals surface area (Å²) in [6.07, 6.45) is 0. The van der Waals surface area contributed by atoms with Crippen molar-refractivity contribution < 1.29 is 9.53 Å². The summed E-state index contributed by atoms with van der Waals surface area (Å²) in [6, 6.07) is 29.7. The molecule has 0 aliphatic heterocycles. The predicted octanol–water partition coefficient (Wildman–Crippen LogP) is 4.97. The number of hydrogen-bond donors (Lipinski definition) is 0. The fourth-order valence-electron chi connectivity index (χ4n) is 3.47. The van der Waals surface area contributed by atoms with Gasteiger partial charge in [0.2, 0.25) is 11.1 Å². The number of rotatable bonds is 10. The van der Waals surface area contributed by atoms with E-state index in [1.165, 1.54) is 11.8 Å². The van der Waals surface area contributed by atoms with Gasteiger partial charge >= 0.3 is 0 Å². The van der Waals surface area contributed by atoms with Gasteiger partial charge in [0.15, 0.2) is 0 Å². The lowest BCUT2D eigenvalue weighted by Crippen LogP contribution is -2.34. The van der Waals surface area contributed by atoms with Crippen molar-refractivity contribution in [2.75, 3.05) is 26.0 Å². The Morgan fingerprint density at radius 3 is 2.03 bits per heavy atom. The fraction of sp³-hybridized carbons (Fsp3) is 0.185. The van der Waals surface area contributed by atoms with Crippen molar-refractivity contribution in [3.05, 3.63) is 96.6 Å². The van der Waals surface area contributed by atoms with Crippen LogP contribution in [0.1, 0.15) is 5.56 Å². The maximum Gasteiger partial charge on any atom is 0.233 e. The number of amides is 1. The van der Waals surface area contributed by atoms with Gasteiger partial charge in [-0.1, -0.05) is 103 Å². The lowest BCUT2D eigenvalue weighted by atomic mass is 10.0. The molecule has 6 nitrogen and oxygen atoms in total. The smallest absolute Gasteiger partial charge is 0.233 e. The molecule has 0 saturated heterocycles. The quantitative estimate of drug-likeness (QED) is 0.305. The molecule has 3 aromatic carbocycles. The molecule has 1 heterocycles. The van der Waals surface area contributed by atoms with Gasteiger partial charge in [0.05, 0.1) is 12.4 Å². The van der Waals surface area contributed by atoms with E-state index < -0.39 is 0 Å². The summed E-state index contributed by atoms with van der Waals surface area (Å²) in [5, 5.41) is 9.28. The van der Waals surface area contributed by atoms with E-state index in [2.05, 4.69) is 10.2 Å². The van der Waals surface area contributed by atoms with Gasteiger partial charge in [0.1, 0.15) is 11.4 Å². The number of benzene rings is 3. The topological polar surface area (TPSA) is 68.2 Å². The molecule has 0 N–H and O–H groups in total. The number of hydrogen-bond acceptors (Lipinski definition) is 6. The maximum atomic E-state index is 13.0. The third-order valence-electron chi connectivity index (χ3n) is 5.22. The molecule has 0 saturated carbocycles. The third kappa shape index (κ3) is 6.27. The molecule has 172 valence electrons. The lowest BCUT2D eigenvalue weighted by Gasteiger charge is -2.22. The monoisotopic (exact) mass is 470 g/mol. The van der Waals surface area contributed by atoms with E-state index in [1.807, 2.05) is 91.0 Å². The van der Waals surface area contributed by atoms with Crippen molar-refractivity contribution in [3.63, 3.8) is 0 Å². The molecule has 4 aromatic rings. The Balaban J connectivity index is 1.53. The first kappa shape index (κ1) is 23.6. The number of carbonyl (C=O) groups excluding carboxylic acids is 1. The van der Waals surface area contributed by atoms with Crippen LogP contribution in [0.2, 0.25) is 0 Å². The van der Waals surface area contributed by atoms with Crippen LogP contribution < -0.4 is 0 Å². The van der Waals surface area contributed by atoms with Crippen molar-refractivity contribution in [2.45, 2.75) is 11.7 Å². The van der Waals surface area contributed by atoms with E-state index in [9.17, 15) is 4.79 Å². The Hall–Kier alpha value is -3.55. The predicted molar refractivity (Wildman–Crippen MR) is 135 cm³/mol. The van der Waals surface area contributed by atoms with Crippen LogP contribution in [0.25, 0.3) is 22.5 Å². The van der Waals surface area contributed by atoms with E-state index in [0.29, 0.717) is 30.5 Å². The molecule has 0 atom stereocenters. The highest BCUT2D eigenvalue weighted by Crippen LogP contribution is 2.29. The molecule has 7 heteroatoms. The fourth-order valence-corrected chi connectivity index (χ4v) is 4.16. The van der Waals surface area contributed by atoms with Gasteiger partial charge < -0.3 is 9.64 Å². The van der Waals surface area contributed by atoms with E-state index >= 15 is 0 Å². The van der Waals surface area contributed by atoms with Crippen LogP contribution in [0.3, 0.4) is 0 Å². The van der Waals surface area contributed by atoms with Crippen molar-refractivity contribution in [2.24, 2.45) is 0 Å². The van der Waals surface area contributed by atoms with Crippen LogP contribution in [-0.2, 0) is 16.1 Å². The molecule has 4 rings (SSSR count). The number of methoxy groups -OCH3 is 1. The molecular weight excluding hydrogens is 444 g/mol. The minimum atomic E-state index is 0.00269. The van der Waals surface area contributed by atoms with Crippen molar-refractivity contribution in [3.8, 4) is 22.5 Å². The highest BCUT2D eigenvalue weighted by molar-refractivity contribution is 7.99. The summed E-state index contributed by atoms with van der Waals surface area (Å²) in [7, 11) is 1.64. The summed E-state index contributed by atoms with van der Waals surface area (Å²) in [6.45, 7) is 1.53. The molecule has 0 bridgehead atoms. The zero-order valence-electron chi connectivity index (χ0n) is 19.0. The Morgan fingerprint density at radius 1 is 0.824 bits per heavy atom. The van der Waals surface area contributed by atoms with Crippen LogP contribution in [0.5, 0.6) is 0 Å². The van der Waals surface area contributed by atoms with Gasteiger partial charge in [-0.2, -0.15) is 0 Å². The Labute approximate surface area is 204 Å². The summed E-state index contributed by atoms with van der Waals surface area (Å²) < 4.78 is 5.21. The third-order valence-corrected chi connectivity index (χ3v) is 6.04. The SMILES string of the molecule is COCCN(Cc1ccccc1)C(=O)CSc1nnc(-c2ccccc2)c(-c2ccccc2)n1. The van der Waals surface area contributed by atoms with E-state index in [1.54, 1.807) is 12.0 Å². The molecule has 1 amide bonds. The molecule has 0 unspecified atom stereocenters. The minimum Gasteiger partial charge on any atom is -0.383 e. The van der Waals surface area contributed by atoms with E-state index in [-0.39, 0.29) is 11.7 Å². The minimum absolute atomic E-state index is 0.00269. The average Bonchev–Trinajstić information content (AvgIpc) is 2.91. The number of ether oxygens (including phenoxy) is 1. The van der Waals surface area contributed by atoms with E-state index in [0.717, 1.165) is 22.4 Å². The van der Waals surface area contributed by atoms with Gasteiger partial charge in [-0.3, -0.25) is 4.79 Å². The van der Waals surface area contributed by atoms with Gasteiger partial charge in [0.25, 0.3) is 0 Å². The largest absolute Gasteiger partial charge is 0.383 e. The summed E-state index contributed by atoms with van der Waals surface area (Å²) >= 11 is 1.30. The van der Waals surface area contributed by atoms with Crippen molar-refractivity contribution in [1.29, 1.82) is 0 Å². The van der Waals surface area contributed by atoms with Crippen molar-refractivity contribution in [1.82, 2.24) is 20.1 Å². The number of thioether (sulfide) groups is 1. The van der Waals surface area contributed by atoms with Gasteiger partial charge in [-0.25, -0.2) is 4.98 Å². The van der Waals surface area contributed by atoms with Crippen molar-refractivity contribution >= 4 is 17.7 Å². The van der Waals surface area contributed by atoms with Crippen LogP contribution >= 0.6 is 11.8 Å². The first-order valence-electron chi connectivity index (χ1n) is 11.0. The molecule has 0 radical (unpaired) electrons. The molecule has 0 aliphatic rings. The van der Waals surface area contributed by atoms with Crippen LogP contribution in [0, 0.1) is 0 Å². The lowest BCUT2D eigenvalue weighted by molar-refractivity contribution is -0.129. The van der Waals surface area contributed by atoms with E-state index in [4.69, 9.17) is 9.72 Å². The second-order valence-corrected chi connectivity index (χ2v) is 8.55. The molecule has 0 spiro atoms. The molecule has 0 aliphatic carbocycles. The number of aromatic nitrogens is 3. The number of carbonyl (C=O) groups is 1. The second kappa shape index (κ2) is 12.1. The zero-order valence-corrected chi connectivity index (χ0v) is 19.8. The van der Waals surface area contributed by atoms with Crippen LogP contribution in [-0.4, -0.2) is 52.0 Å². The second-order valence-electron chi connectivity index (χ2n) is 7.61. The summed E-state index contributed by atoms with van der Waals surface area (Å²) in [5.41, 5.74) is 4.44. The standard InChI is InChI=1S/C27H26N4O2S/c1-33-18-17-31(19-21-11-5-2-6-12-21)24(32)20-34-27-28-25(22-13-7-3-8-14-22)26(29-30-27)23-15-9-4-10-16-23/h2-16H,17-20H2,1H3. The zero-order chi connectivity index (χ0) is 23.6. The van der Waals surface area contributed by atoms with Gasteiger partial charge in [-0.15, -0.1) is 10.2 Å². The normalized spacial score (nSPS) is 10.7.